The average Bonchev–Trinajstić information content (AvgIpc) is 2.91. The highest BCUT2D eigenvalue weighted by Crippen LogP contribution is 2.44. The number of carbonyl (C=O) groups excluding carboxylic acids is 1. The third-order valence-corrected chi connectivity index (χ3v) is 6.26. The quantitative estimate of drug-likeness (QED) is 0.527. The Morgan fingerprint density at radius 1 is 1.25 bits per heavy atom. The van der Waals surface area contributed by atoms with E-state index in [1.54, 1.807) is 23.1 Å². The summed E-state index contributed by atoms with van der Waals surface area (Å²) in [6.45, 7) is 7.70. The molecular weight excluding hydrogens is 422 g/mol. The van der Waals surface area contributed by atoms with E-state index in [0.29, 0.717) is 45.0 Å². The Hall–Kier alpha value is -3.44. The molecule has 0 fully saturated rings. The highest BCUT2D eigenvalue weighted by molar-refractivity contribution is 7.99. The first-order chi connectivity index (χ1) is 15.4. The first-order valence-electron chi connectivity index (χ1n) is 10.3. The van der Waals surface area contributed by atoms with Gasteiger partial charge in [-0.05, 0) is 31.0 Å². The molecule has 0 N–H and O–H groups in total. The summed E-state index contributed by atoms with van der Waals surface area (Å²) in [6, 6.07) is 15.1. The lowest BCUT2D eigenvalue weighted by Gasteiger charge is -2.30. The van der Waals surface area contributed by atoms with Crippen LogP contribution in [0.5, 0.6) is 5.88 Å². The largest absolute Gasteiger partial charge is 0.447 e. The fourth-order valence-corrected chi connectivity index (χ4v) is 4.27. The van der Waals surface area contributed by atoms with E-state index in [-0.39, 0.29) is 5.91 Å². The number of benzene rings is 2. The van der Waals surface area contributed by atoms with Crippen molar-refractivity contribution >= 4 is 23.4 Å². The van der Waals surface area contributed by atoms with E-state index in [0.717, 1.165) is 11.3 Å². The van der Waals surface area contributed by atoms with Crippen molar-refractivity contribution in [3.8, 4) is 23.2 Å². The van der Waals surface area contributed by atoms with E-state index in [9.17, 15) is 10.1 Å². The van der Waals surface area contributed by atoms with Crippen LogP contribution in [0, 0.1) is 24.2 Å². The van der Waals surface area contributed by atoms with Crippen molar-refractivity contribution in [2.45, 2.75) is 39.1 Å². The van der Waals surface area contributed by atoms with Crippen LogP contribution in [-0.2, 0) is 4.79 Å². The fraction of sp³-hybridized carbons (Fsp3) is 0.292. The van der Waals surface area contributed by atoms with Gasteiger partial charge < -0.3 is 4.74 Å². The standard InChI is InChI=1S/C24H23N5O2S/c1-14(2)13-32-24-26-22-21(27-28-24)19-11-15(3)9-10-20(19)29(16(4)30)23(31-22)18-8-6-5-7-17(18)12-25/h5-11,14,23H,13H2,1-4H3/t23-/m1/s1. The molecule has 0 unspecified atom stereocenters. The van der Waals surface area contributed by atoms with Crippen LogP contribution in [-0.4, -0.2) is 26.8 Å². The summed E-state index contributed by atoms with van der Waals surface area (Å²) in [4.78, 5) is 19.1. The minimum Gasteiger partial charge on any atom is -0.447 e. The molecule has 4 rings (SSSR count). The summed E-state index contributed by atoms with van der Waals surface area (Å²) in [5, 5.41) is 18.9. The number of hydrogen-bond acceptors (Lipinski definition) is 7. The molecule has 162 valence electrons. The van der Waals surface area contributed by atoms with Gasteiger partial charge in [0.25, 0.3) is 0 Å². The zero-order valence-electron chi connectivity index (χ0n) is 18.4. The fourth-order valence-electron chi connectivity index (χ4n) is 3.54. The maximum absolute atomic E-state index is 12.9. The third-order valence-electron chi connectivity index (χ3n) is 4.99. The summed E-state index contributed by atoms with van der Waals surface area (Å²) < 4.78 is 6.36. The molecule has 0 saturated carbocycles. The van der Waals surface area contributed by atoms with Gasteiger partial charge in [0.15, 0.2) is 5.69 Å². The van der Waals surface area contributed by atoms with Crippen molar-refractivity contribution < 1.29 is 9.53 Å². The molecule has 0 radical (unpaired) electrons. The Labute approximate surface area is 191 Å². The first-order valence-corrected chi connectivity index (χ1v) is 11.3. The molecule has 8 heteroatoms. The van der Waals surface area contributed by atoms with E-state index >= 15 is 0 Å². The molecule has 1 amide bonds. The molecule has 1 aromatic heterocycles. The van der Waals surface area contributed by atoms with Crippen molar-refractivity contribution in [3.05, 3.63) is 59.2 Å². The van der Waals surface area contributed by atoms with Gasteiger partial charge in [-0.15, -0.1) is 10.2 Å². The number of nitrogens with zero attached hydrogens (tertiary/aromatic N) is 5. The van der Waals surface area contributed by atoms with Gasteiger partial charge in [-0.25, -0.2) is 0 Å². The molecule has 1 aliphatic heterocycles. The maximum atomic E-state index is 12.9. The predicted octanol–water partition coefficient (Wildman–Crippen LogP) is 4.91. The van der Waals surface area contributed by atoms with E-state index in [1.165, 1.54) is 18.7 Å². The second-order valence-electron chi connectivity index (χ2n) is 8.03. The number of hydrogen-bond donors (Lipinski definition) is 0. The van der Waals surface area contributed by atoms with Crippen LogP contribution in [0.3, 0.4) is 0 Å². The number of fused-ring (bicyclic) bond motifs is 3. The second-order valence-corrected chi connectivity index (χ2v) is 9.02. The number of amides is 1. The number of rotatable bonds is 4. The van der Waals surface area contributed by atoms with Crippen molar-refractivity contribution in [3.63, 3.8) is 0 Å². The first kappa shape index (κ1) is 21.8. The zero-order valence-corrected chi connectivity index (χ0v) is 19.2. The number of aromatic nitrogens is 3. The SMILES string of the molecule is CC(=O)N1c2ccc(C)cc2-c2nnc(SCC(C)C)nc2O[C@@H]1c1ccccc1C#N. The highest BCUT2D eigenvalue weighted by atomic mass is 32.2. The average molecular weight is 446 g/mol. The third kappa shape index (κ3) is 4.16. The van der Waals surface area contributed by atoms with Gasteiger partial charge in [0.2, 0.25) is 23.2 Å². The van der Waals surface area contributed by atoms with Crippen molar-refractivity contribution in [1.29, 1.82) is 5.26 Å². The van der Waals surface area contributed by atoms with E-state index in [4.69, 9.17) is 4.74 Å². The maximum Gasteiger partial charge on any atom is 0.247 e. The topological polar surface area (TPSA) is 92.0 Å². The lowest BCUT2D eigenvalue weighted by Crippen LogP contribution is -2.36. The van der Waals surface area contributed by atoms with Crippen LogP contribution in [0.1, 0.15) is 43.7 Å². The molecule has 0 aliphatic carbocycles. The smallest absolute Gasteiger partial charge is 0.247 e. The van der Waals surface area contributed by atoms with Crippen molar-refractivity contribution in [1.82, 2.24) is 15.2 Å². The van der Waals surface area contributed by atoms with Gasteiger partial charge in [-0.1, -0.05) is 55.4 Å². The second kappa shape index (κ2) is 8.97. The van der Waals surface area contributed by atoms with Gasteiger partial charge in [0.1, 0.15) is 0 Å². The Bertz CT molecular complexity index is 1220. The summed E-state index contributed by atoms with van der Waals surface area (Å²) in [5.41, 5.74) is 3.85. The van der Waals surface area contributed by atoms with Gasteiger partial charge in [0.05, 0.1) is 17.3 Å². The van der Waals surface area contributed by atoms with Gasteiger partial charge in [-0.2, -0.15) is 10.2 Å². The number of carbonyl (C=O) groups is 1. The van der Waals surface area contributed by atoms with Gasteiger partial charge >= 0.3 is 0 Å². The Kier molecular flexibility index (Phi) is 6.10. The molecule has 2 heterocycles. The summed E-state index contributed by atoms with van der Waals surface area (Å²) in [7, 11) is 0. The zero-order chi connectivity index (χ0) is 22.8. The summed E-state index contributed by atoms with van der Waals surface area (Å²) in [6.07, 6.45) is -0.870. The summed E-state index contributed by atoms with van der Waals surface area (Å²) in [5.74, 6) is 1.38. The van der Waals surface area contributed by atoms with Crippen LogP contribution in [0.15, 0.2) is 47.6 Å². The normalized spacial score (nSPS) is 14.8. The monoisotopic (exact) mass is 445 g/mol. The van der Waals surface area contributed by atoms with Crippen LogP contribution in [0.4, 0.5) is 5.69 Å². The Morgan fingerprint density at radius 3 is 2.75 bits per heavy atom. The number of nitriles is 1. The number of ether oxygens (including phenoxy) is 1. The molecule has 7 nitrogen and oxygen atoms in total. The summed E-state index contributed by atoms with van der Waals surface area (Å²) >= 11 is 1.51. The van der Waals surface area contributed by atoms with Crippen molar-refractivity contribution in [2.75, 3.05) is 10.7 Å². The van der Waals surface area contributed by atoms with Gasteiger partial charge in [-0.3, -0.25) is 9.69 Å². The minimum atomic E-state index is -0.870. The molecule has 1 aliphatic rings. The Balaban J connectivity index is 1.94. The predicted molar refractivity (Wildman–Crippen MR) is 123 cm³/mol. The highest BCUT2D eigenvalue weighted by Gasteiger charge is 2.35. The van der Waals surface area contributed by atoms with Gasteiger partial charge in [0, 0.05) is 23.8 Å². The molecule has 1 atom stereocenters. The lowest BCUT2D eigenvalue weighted by atomic mass is 10.0. The Morgan fingerprint density at radius 2 is 2.03 bits per heavy atom. The number of anilines is 1. The van der Waals surface area contributed by atoms with Crippen LogP contribution in [0.25, 0.3) is 11.3 Å². The minimum absolute atomic E-state index is 0.219. The van der Waals surface area contributed by atoms with E-state index in [1.807, 2.05) is 31.2 Å². The van der Waals surface area contributed by atoms with E-state index in [2.05, 4.69) is 35.1 Å². The number of thioether (sulfide) groups is 1. The molecule has 0 spiro atoms. The molecule has 0 bridgehead atoms. The van der Waals surface area contributed by atoms with Crippen molar-refractivity contribution in [2.24, 2.45) is 5.92 Å². The molecule has 0 saturated heterocycles. The van der Waals surface area contributed by atoms with Crippen LogP contribution in [0.2, 0.25) is 0 Å². The molecule has 3 aromatic rings. The van der Waals surface area contributed by atoms with Crippen LogP contribution >= 0.6 is 11.8 Å². The molecule has 32 heavy (non-hydrogen) atoms. The molecular formula is C24H23N5O2S. The molecule has 2 aromatic carbocycles. The van der Waals surface area contributed by atoms with E-state index < -0.39 is 6.23 Å². The van der Waals surface area contributed by atoms with Crippen LogP contribution < -0.4 is 9.64 Å². The lowest BCUT2D eigenvalue weighted by molar-refractivity contribution is -0.118. The number of aryl methyl sites for hydroxylation is 1.